The monoisotopic (exact) mass is 827 g/mol. The first-order valence-corrected chi connectivity index (χ1v) is 19.8. The number of aromatic amines is 1. The Hall–Kier alpha value is -4.77. The summed E-state index contributed by atoms with van der Waals surface area (Å²) >= 11 is 12.4. The van der Waals surface area contributed by atoms with E-state index in [1.165, 1.54) is 22.9 Å². The summed E-state index contributed by atoms with van der Waals surface area (Å²) in [5.74, 6) is -0.703. The molecule has 1 unspecified atom stereocenters. The molecule has 0 radical (unpaired) electrons. The van der Waals surface area contributed by atoms with Crippen molar-refractivity contribution in [3.63, 3.8) is 0 Å². The van der Waals surface area contributed by atoms with E-state index in [-0.39, 0.29) is 57.8 Å². The van der Waals surface area contributed by atoms with Crippen LogP contribution in [-0.2, 0) is 11.3 Å². The molecule has 7 N–H and O–H groups in total. The number of carbonyl (C=O) groups excluding carboxylic acids is 3. The van der Waals surface area contributed by atoms with Gasteiger partial charge < -0.3 is 26.6 Å². The second kappa shape index (κ2) is 17.8. The molecule has 2 fully saturated rings. The molecular weight excluding hydrogens is 777 g/mol. The number of aryl methyl sites for hydroxylation is 2. The van der Waals surface area contributed by atoms with Gasteiger partial charge in [0.05, 0.1) is 43.7 Å². The molecule has 16 nitrogen and oxygen atoms in total. The second-order valence-electron chi connectivity index (χ2n) is 16.0. The molecule has 1 atom stereocenters. The smallest absolute Gasteiger partial charge is 0.351 e. The number of nitrogens with two attached hydrogens (primary N) is 1. The lowest BCUT2D eigenvalue weighted by Crippen LogP contribution is -2.48. The van der Waals surface area contributed by atoms with Crippen molar-refractivity contribution in [1.29, 1.82) is 0 Å². The number of hydrogen-bond acceptors (Lipinski definition) is 9. The van der Waals surface area contributed by atoms with Gasteiger partial charge in [-0.3, -0.25) is 23.9 Å². The zero-order valence-electron chi connectivity index (χ0n) is 32.7. The van der Waals surface area contributed by atoms with E-state index in [0.29, 0.717) is 48.7 Å². The van der Waals surface area contributed by atoms with E-state index >= 15 is 0 Å². The summed E-state index contributed by atoms with van der Waals surface area (Å²) in [4.78, 5) is 63.7. The number of carbonyl (C=O) groups is 3. The molecule has 308 valence electrons. The van der Waals surface area contributed by atoms with Crippen LogP contribution in [0.5, 0.6) is 0 Å². The standard InChI is InChI=1S/C20H26ClN5O4.C19H25ClN4O3/c1-13-24-26(19(29)25(13)11-17(22)27)14-6-7-16(21)15(10-14)18(28)23-12-20(30)8-4-2-3-5-9-20;1-12-22-17(26)24(23-12)13-5-6-15(20)14(9-13)16(25)21-11-19(27)8-4-7-18(2,3)10-19/h6-7,10,30H,2-5,8-9,11-12H2,1H3,(H2,22,27)(H,23,28);5-6,9,27H,4,7-8,10-11H2,1-3H3,(H,21,25)(H,22,23,26). The minimum atomic E-state index is -0.919. The zero-order valence-corrected chi connectivity index (χ0v) is 34.2. The molecule has 0 spiro atoms. The van der Waals surface area contributed by atoms with Crippen LogP contribution >= 0.6 is 23.2 Å². The average molecular weight is 829 g/mol. The highest BCUT2D eigenvalue weighted by atomic mass is 35.5. The van der Waals surface area contributed by atoms with Gasteiger partial charge in [-0.15, -0.1) is 0 Å². The molecule has 2 aromatic heterocycles. The summed E-state index contributed by atoms with van der Waals surface area (Å²) in [6, 6.07) is 9.21. The Morgan fingerprint density at radius 1 is 0.789 bits per heavy atom. The third kappa shape index (κ3) is 11.0. The number of rotatable bonds is 10. The van der Waals surface area contributed by atoms with Crippen LogP contribution in [0.15, 0.2) is 46.0 Å². The van der Waals surface area contributed by atoms with E-state index in [1.807, 2.05) is 0 Å². The molecule has 0 aliphatic heterocycles. The summed E-state index contributed by atoms with van der Waals surface area (Å²) in [5, 5.41) is 35.9. The van der Waals surface area contributed by atoms with Gasteiger partial charge in [-0.1, -0.05) is 62.7 Å². The van der Waals surface area contributed by atoms with Crippen molar-refractivity contribution in [2.24, 2.45) is 11.1 Å². The number of H-pyrrole nitrogens is 1. The molecule has 3 amide bonds. The van der Waals surface area contributed by atoms with E-state index in [1.54, 1.807) is 32.0 Å². The maximum atomic E-state index is 12.7. The number of benzene rings is 2. The van der Waals surface area contributed by atoms with Gasteiger partial charge in [0.2, 0.25) is 5.91 Å². The van der Waals surface area contributed by atoms with E-state index < -0.39 is 28.7 Å². The fraction of sp³-hybridized carbons (Fsp3) is 0.513. The number of amides is 3. The summed E-state index contributed by atoms with van der Waals surface area (Å²) < 4.78 is 3.42. The normalized spacial score (nSPS) is 18.8. The highest BCUT2D eigenvalue weighted by Gasteiger charge is 2.38. The van der Waals surface area contributed by atoms with Crippen LogP contribution in [0.1, 0.15) is 110 Å². The third-order valence-corrected chi connectivity index (χ3v) is 11.1. The largest absolute Gasteiger partial charge is 0.388 e. The summed E-state index contributed by atoms with van der Waals surface area (Å²) in [6.45, 7) is 7.53. The van der Waals surface area contributed by atoms with Gasteiger partial charge >= 0.3 is 11.4 Å². The first-order chi connectivity index (χ1) is 26.8. The quantitative estimate of drug-likeness (QED) is 0.127. The van der Waals surface area contributed by atoms with Crippen molar-refractivity contribution >= 4 is 40.9 Å². The number of halogens is 2. The van der Waals surface area contributed by atoms with Crippen molar-refractivity contribution in [1.82, 2.24) is 39.7 Å². The van der Waals surface area contributed by atoms with E-state index in [9.17, 15) is 34.2 Å². The predicted octanol–water partition coefficient (Wildman–Crippen LogP) is 3.88. The lowest BCUT2D eigenvalue weighted by atomic mass is 9.70. The van der Waals surface area contributed by atoms with Crippen LogP contribution in [0.2, 0.25) is 10.0 Å². The molecule has 4 aromatic rings. The Morgan fingerprint density at radius 3 is 1.82 bits per heavy atom. The average Bonchev–Trinajstić information content (AvgIpc) is 3.51. The van der Waals surface area contributed by atoms with Gasteiger partial charge in [-0.2, -0.15) is 19.6 Å². The first-order valence-electron chi connectivity index (χ1n) is 19.0. The molecule has 2 aromatic carbocycles. The Balaban J connectivity index is 0.000000219. The molecule has 6 rings (SSSR count). The lowest BCUT2D eigenvalue weighted by Gasteiger charge is -2.41. The van der Waals surface area contributed by atoms with Gasteiger partial charge in [-0.05, 0) is 94.2 Å². The topological polar surface area (TPSA) is 232 Å². The van der Waals surface area contributed by atoms with Crippen LogP contribution in [0.3, 0.4) is 0 Å². The summed E-state index contributed by atoms with van der Waals surface area (Å²) in [5.41, 5.74) is 3.63. The van der Waals surface area contributed by atoms with Crippen LogP contribution in [0, 0.1) is 19.3 Å². The van der Waals surface area contributed by atoms with Crippen LogP contribution < -0.4 is 27.7 Å². The summed E-state index contributed by atoms with van der Waals surface area (Å²) in [7, 11) is 0. The van der Waals surface area contributed by atoms with Crippen LogP contribution in [0.4, 0.5) is 0 Å². The first kappa shape index (κ1) is 43.4. The maximum Gasteiger partial charge on any atom is 0.351 e. The van der Waals surface area contributed by atoms with E-state index in [0.717, 1.165) is 47.8 Å². The number of nitrogens with one attached hydrogen (secondary N) is 3. The molecule has 2 heterocycles. The van der Waals surface area contributed by atoms with Gasteiger partial charge in [0.15, 0.2) is 0 Å². The minimum absolute atomic E-state index is 0.0499. The Morgan fingerprint density at radius 2 is 1.32 bits per heavy atom. The lowest BCUT2D eigenvalue weighted by molar-refractivity contribution is -0.118. The van der Waals surface area contributed by atoms with Crippen LogP contribution in [-0.4, -0.2) is 81.3 Å². The van der Waals surface area contributed by atoms with E-state index in [2.05, 4.69) is 39.7 Å². The highest BCUT2D eigenvalue weighted by Crippen LogP contribution is 2.40. The fourth-order valence-electron chi connectivity index (χ4n) is 7.60. The highest BCUT2D eigenvalue weighted by molar-refractivity contribution is 6.34. The van der Waals surface area contributed by atoms with Gasteiger partial charge in [-0.25, -0.2) is 9.59 Å². The molecular formula is C39H51Cl2N9O7. The maximum absolute atomic E-state index is 12.7. The van der Waals surface area contributed by atoms with Crippen LogP contribution in [0.25, 0.3) is 11.4 Å². The SMILES string of the molecule is Cc1nn(-c2ccc(Cl)c(C(=O)NCC3(O)CCCC(C)(C)C3)c2)c(=O)[nH]1.Cc1nn(-c2ccc(Cl)c(C(=O)NCC3(O)CCCCCC3)c2)c(=O)n1CC(N)=O. The predicted molar refractivity (Wildman–Crippen MR) is 215 cm³/mol. The number of aliphatic hydroxyl groups is 2. The zero-order chi connectivity index (χ0) is 41.7. The Labute approximate surface area is 339 Å². The molecule has 2 saturated carbocycles. The van der Waals surface area contributed by atoms with Gasteiger partial charge in [0, 0.05) is 13.1 Å². The van der Waals surface area contributed by atoms with Crippen molar-refractivity contribution in [2.75, 3.05) is 13.1 Å². The molecule has 57 heavy (non-hydrogen) atoms. The molecule has 0 bridgehead atoms. The molecule has 2 aliphatic rings. The Kier molecular flexibility index (Phi) is 13.5. The fourth-order valence-corrected chi connectivity index (χ4v) is 8.01. The molecule has 0 saturated heterocycles. The number of nitrogens with zero attached hydrogens (tertiary/aromatic N) is 5. The van der Waals surface area contributed by atoms with E-state index in [4.69, 9.17) is 28.9 Å². The van der Waals surface area contributed by atoms with Gasteiger partial charge in [0.25, 0.3) is 11.8 Å². The second-order valence-corrected chi connectivity index (χ2v) is 16.8. The minimum Gasteiger partial charge on any atom is -0.388 e. The number of primary amides is 1. The molecule has 18 heteroatoms. The summed E-state index contributed by atoms with van der Waals surface area (Å²) in [6.07, 6.45) is 8.60. The van der Waals surface area contributed by atoms with Crippen molar-refractivity contribution < 1.29 is 24.6 Å². The van der Waals surface area contributed by atoms with Gasteiger partial charge in [0.1, 0.15) is 18.2 Å². The van der Waals surface area contributed by atoms with Crippen molar-refractivity contribution in [2.45, 2.75) is 110 Å². The van der Waals surface area contributed by atoms with Crippen molar-refractivity contribution in [3.05, 3.63) is 90.2 Å². The molecule has 2 aliphatic carbocycles. The van der Waals surface area contributed by atoms with Crippen molar-refractivity contribution in [3.8, 4) is 11.4 Å². The number of hydrogen-bond donors (Lipinski definition) is 6. The Bertz CT molecular complexity index is 2230. The third-order valence-electron chi connectivity index (χ3n) is 10.5. The number of aromatic nitrogens is 6.